The first-order valence-electron chi connectivity index (χ1n) is 10.1. The summed E-state index contributed by atoms with van der Waals surface area (Å²) in [7, 11) is 0. The predicted molar refractivity (Wildman–Crippen MR) is 117 cm³/mol. The van der Waals surface area contributed by atoms with E-state index in [4.69, 9.17) is 19.9 Å². The fraction of sp³-hybridized carbons (Fsp3) is 0.208. The lowest BCUT2D eigenvalue weighted by Crippen LogP contribution is -2.25. The maximum absolute atomic E-state index is 13.0. The zero-order valence-electron chi connectivity index (χ0n) is 18.1. The second kappa shape index (κ2) is 10.3. The van der Waals surface area contributed by atoms with Crippen molar-refractivity contribution in [1.29, 1.82) is 5.26 Å². The van der Waals surface area contributed by atoms with E-state index in [2.05, 4.69) is 5.32 Å². The second-order valence-electron chi connectivity index (χ2n) is 7.03. The van der Waals surface area contributed by atoms with Crippen LogP contribution in [0.1, 0.15) is 25.3 Å². The van der Waals surface area contributed by atoms with E-state index in [9.17, 15) is 19.2 Å². The number of hydrogen-bond donors (Lipinski definition) is 2. The van der Waals surface area contributed by atoms with Crippen molar-refractivity contribution in [3.63, 3.8) is 0 Å². The highest BCUT2D eigenvalue weighted by molar-refractivity contribution is 5.93. The molecule has 0 radical (unpaired) electrons. The highest BCUT2D eigenvalue weighted by atomic mass is 19.1. The van der Waals surface area contributed by atoms with Gasteiger partial charge >= 0.3 is 5.97 Å². The third kappa shape index (κ3) is 5.49. The second-order valence-corrected chi connectivity index (χ2v) is 7.03. The molecule has 0 spiro atoms. The number of carbonyl (C=O) groups is 2. The minimum atomic E-state index is -0.765. The van der Waals surface area contributed by atoms with Gasteiger partial charge in [0.05, 0.1) is 18.1 Å². The van der Waals surface area contributed by atoms with Crippen LogP contribution in [0, 0.1) is 17.1 Å². The number of esters is 1. The molecular weight excluding hydrogens is 429 g/mol. The molecule has 1 atom stereocenters. The minimum absolute atomic E-state index is 0.0779. The number of amides is 1. The molecule has 33 heavy (non-hydrogen) atoms. The monoisotopic (exact) mass is 451 g/mol. The molecule has 3 rings (SSSR count). The molecule has 9 heteroatoms. The number of allylic oxidation sites excluding steroid dienone is 2. The Morgan fingerprint density at radius 1 is 1.18 bits per heavy atom. The van der Waals surface area contributed by atoms with Gasteiger partial charge in [-0.05, 0) is 55.8 Å². The summed E-state index contributed by atoms with van der Waals surface area (Å²) < 4.78 is 29.0. The van der Waals surface area contributed by atoms with Crippen LogP contribution in [0.2, 0.25) is 0 Å². The van der Waals surface area contributed by atoms with Gasteiger partial charge in [0.2, 0.25) is 5.88 Å². The van der Waals surface area contributed by atoms with Gasteiger partial charge in [0, 0.05) is 5.69 Å². The fourth-order valence-corrected chi connectivity index (χ4v) is 3.32. The van der Waals surface area contributed by atoms with Gasteiger partial charge in [0.1, 0.15) is 29.0 Å². The third-order valence-corrected chi connectivity index (χ3v) is 4.81. The number of halogens is 1. The number of nitrogens with two attached hydrogens (primary N) is 1. The molecule has 170 valence electrons. The minimum Gasteiger partial charge on any atom is -0.484 e. The van der Waals surface area contributed by atoms with Crippen LogP contribution in [0.5, 0.6) is 5.75 Å². The van der Waals surface area contributed by atoms with Crippen molar-refractivity contribution in [2.75, 3.05) is 18.5 Å². The van der Waals surface area contributed by atoms with Crippen LogP contribution in [0.3, 0.4) is 0 Å². The summed E-state index contributed by atoms with van der Waals surface area (Å²) in [6, 6.07) is 13.9. The number of benzene rings is 2. The van der Waals surface area contributed by atoms with E-state index in [1.54, 1.807) is 38.1 Å². The van der Waals surface area contributed by atoms with Gasteiger partial charge in [-0.3, -0.25) is 4.79 Å². The van der Waals surface area contributed by atoms with Crippen LogP contribution in [0.4, 0.5) is 10.1 Å². The largest absolute Gasteiger partial charge is 0.484 e. The normalized spacial score (nSPS) is 15.4. The molecule has 0 bridgehead atoms. The number of nitrogens with zero attached hydrogens (tertiary/aromatic N) is 1. The van der Waals surface area contributed by atoms with Crippen molar-refractivity contribution in [3.8, 4) is 11.8 Å². The molecule has 1 amide bonds. The topological polar surface area (TPSA) is 124 Å². The average molecular weight is 451 g/mol. The van der Waals surface area contributed by atoms with E-state index in [0.29, 0.717) is 17.0 Å². The Bertz CT molecular complexity index is 1150. The summed E-state index contributed by atoms with van der Waals surface area (Å²) >= 11 is 0. The Labute approximate surface area is 190 Å². The predicted octanol–water partition coefficient (Wildman–Crippen LogP) is 3.49. The number of carbonyl (C=O) groups excluding carboxylic acids is 2. The summed E-state index contributed by atoms with van der Waals surface area (Å²) in [5.41, 5.74) is 7.21. The van der Waals surface area contributed by atoms with Crippen LogP contribution in [-0.2, 0) is 19.1 Å². The maximum Gasteiger partial charge on any atom is 0.338 e. The summed E-state index contributed by atoms with van der Waals surface area (Å²) in [6.07, 6.45) is 0. The summed E-state index contributed by atoms with van der Waals surface area (Å²) in [4.78, 5) is 24.6. The van der Waals surface area contributed by atoms with E-state index in [1.165, 1.54) is 24.3 Å². The molecule has 0 saturated carbocycles. The lowest BCUT2D eigenvalue weighted by atomic mass is 9.83. The van der Waals surface area contributed by atoms with Crippen molar-refractivity contribution < 1.29 is 28.2 Å². The molecule has 8 nitrogen and oxygen atoms in total. The molecule has 1 aliphatic heterocycles. The third-order valence-electron chi connectivity index (χ3n) is 4.81. The molecule has 2 aromatic carbocycles. The first kappa shape index (κ1) is 23.3. The molecule has 3 N–H and O–H groups in total. The first-order chi connectivity index (χ1) is 15.8. The van der Waals surface area contributed by atoms with Crippen LogP contribution >= 0.6 is 0 Å². The van der Waals surface area contributed by atoms with Gasteiger partial charge < -0.3 is 25.3 Å². The number of hydrogen-bond acceptors (Lipinski definition) is 7. The van der Waals surface area contributed by atoms with Crippen molar-refractivity contribution in [1.82, 2.24) is 0 Å². The Kier molecular flexibility index (Phi) is 7.31. The fourth-order valence-electron chi connectivity index (χ4n) is 3.32. The highest BCUT2D eigenvalue weighted by Crippen LogP contribution is 2.39. The summed E-state index contributed by atoms with van der Waals surface area (Å²) in [6.45, 7) is 3.16. The van der Waals surface area contributed by atoms with E-state index < -0.39 is 23.6 Å². The van der Waals surface area contributed by atoms with Gasteiger partial charge in [-0.25, -0.2) is 9.18 Å². The number of anilines is 1. The SMILES string of the molecule is CCOC(=O)C1=C(C)OC(N)=C(C#N)C1c1ccc(OCC(=O)Nc2ccc(F)cc2)cc1. The van der Waals surface area contributed by atoms with Crippen molar-refractivity contribution >= 4 is 17.6 Å². The van der Waals surface area contributed by atoms with Gasteiger partial charge in [-0.1, -0.05) is 12.1 Å². The number of nitriles is 1. The molecule has 0 fully saturated rings. The Hall–Kier alpha value is -4.32. The molecule has 2 aromatic rings. The van der Waals surface area contributed by atoms with Crippen LogP contribution in [0.25, 0.3) is 0 Å². The van der Waals surface area contributed by atoms with E-state index in [-0.39, 0.29) is 36.0 Å². The molecule has 1 unspecified atom stereocenters. The lowest BCUT2D eigenvalue weighted by Gasteiger charge is -2.26. The van der Waals surface area contributed by atoms with Gasteiger partial charge in [0.25, 0.3) is 5.91 Å². The number of rotatable bonds is 7. The standard InChI is InChI=1S/C24H22FN3O5/c1-3-31-24(30)21-14(2)33-23(27)19(12-26)22(21)15-4-10-18(11-5-15)32-13-20(29)28-17-8-6-16(25)7-9-17/h4-11,22H,3,13,27H2,1-2H3,(H,28,29). The summed E-state index contributed by atoms with van der Waals surface area (Å²) in [5, 5.41) is 12.2. The molecular formula is C24H22FN3O5. The first-order valence-corrected chi connectivity index (χ1v) is 10.1. The average Bonchev–Trinajstić information content (AvgIpc) is 2.79. The number of ether oxygens (including phenoxy) is 3. The van der Waals surface area contributed by atoms with Crippen molar-refractivity contribution in [3.05, 3.63) is 82.7 Å². The smallest absolute Gasteiger partial charge is 0.338 e. The zero-order valence-corrected chi connectivity index (χ0v) is 18.1. The van der Waals surface area contributed by atoms with Crippen molar-refractivity contribution in [2.24, 2.45) is 5.73 Å². The Balaban J connectivity index is 1.74. The van der Waals surface area contributed by atoms with E-state index >= 15 is 0 Å². The van der Waals surface area contributed by atoms with E-state index in [0.717, 1.165) is 0 Å². The van der Waals surface area contributed by atoms with Gasteiger partial charge in [-0.2, -0.15) is 5.26 Å². The van der Waals surface area contributed by atoms with Crippen LogP contribution in [0.15, 0.2) is 71.3 Å². The Morgan fingerprint density at radius 2 is 1.85 bits per heavy atom. The van der Waals surface area contributed by atoms with Gasteiger partial charge in [0.15, 0.2) is 6.61 Å². The maximum atomic E-state index is 13.0. The Morgan fingerprint density at radius 3 is 2.45 bits per heavy atom. The summed E-state index contributed by atoms with van der Waals surface area (Å²) in [5.74, 6) is -1.61. The lowest BCUT2D eigenvalue weighted by molar-refractivity contribution is -0.139. The highest BCUT2D eigenvalue weighted by Gasteiger charge is 2.36. The molecule has 1 heterocycles. The van der Waals surface area contributed by atoms with E-state index in [1.807, 2.05) is 6.07 Å². The van der Waals surface area contributed by atoms with Crippen molar-refractivity contribution in [2.45, 2.75) is 19.8 Å². The van der Waals surface area contributed by atoms with Crippen LogP contribution < -0.4 is 15.8 Å². The molecule has 1 aliphatic rings. The van der Waals surface area contributed by atoms with Crippen LogP contribution in [-0.4, -0.2) is 25.1 Å². The molecule has 0 saturated heterocycles. The molecule has 0 aromatic heterocycles. The quantitative estimate of drug-likeness (QED) is 0.618. The molecule has 0 aliphatic carbocycles. The van der Waals surface area contributed by atoms with Gasteiger partial charge in [-0.15, -0.1) is 0 Å². The number of nitrogens with one attached hydrogen (secondary N) is 1. The zero-order chi connectivity index (χ0) is 24.0.